The van der Waals surface area contributed by atoms with Crippen molar-refractivity contribution in [3.8, 4) is 0 Å². The van der Waals surface area contributed by atoms with Crippen molar-refractivity contribution >= 4 is 29.2 Å². The number of urea groups is 1. The van der Waals surface area contributed by atoms with Gasteiger partial charge in [-0.25, -0.2) is 4.79 Å². The summed E-state index contributed by atoms with van der Waals surface area (Å²) in [7, 11) is 0. The second kappa shape index (κ2) is 8.21. The lowest BCUT2D eigenvalue weighted by Gasteiger charge is -2.34. The number of anilines is 1. The summed E-state index contributed by atoms with van der Waals surface area (Å²) in [5.41, 5.74) is 7.42. The zero-order valence-electron chi connectivity index (χ0n) is 14.3. The maximum atomic E-state index is 12.6. The van der Waals surface area contributed by atoms with Crippen LogP contribution in [0.4, 0.5) is 10.5 Å². The number of amides is 3. The molecule has 0 atom stereocenters. The van der Waals surface area contributed by atoms with Crippen molar-refractivity contribution in [3.05, 3.63) is 64.7 Å². The predicted molar refractivity (Wildman–Crippen MR) is 102 cm³/mol. The molecule has 0 aliphatic carbocycles. The molecule has 1 aliphatic heterocycles. The summed E-state index contributed by atoms with van der Waals surface area (Å²) in [5, 5.41) is 3.22. The summed E-state index contributed by atoms with van der Waals surface area (Å²) in [6, 6.07) is 14.0. The largest absolute Gasteiger partial charge is 0.351 e. The van der Waals surface area contributed by atoms with E-state index in [9.17, 15) is 9.59 Å². The average Bonchev–Trinajstić information content (AvgIpc) is 2.62. The second-order valence-electron chi connectivity index (χ2n) is 6.26. The number of hydrogen-bond donors (Lipinski definition) is 2. The first-order valence-corrected chi connectivity index (χ1v) is 8.81. The lowest BCUT2D eigenvalue weighted by atomic mass is 10.1. The molecule has 1 saturated heterocycles. The molecule has 0 bridgehead atoms. The smallest absolute Gasteiger partial charge is 0.316 e. The second-order valence-corrected chi connectivity index (χ2v) is 6.70. The zero-order chi connectivity index (χ0) is 18.5. The molecule has 26 heavy (non-hydrogen) atoms. The number of nitrogens with one attached hydrogen (secondary N) is 1. The van der Waals surface area contributed by atoms with Gasteiger partial charge in [-0.05, 0) is 42.0 Å². The van der Waals surface area contributed by atoms with Crippen LogP contribution in [0.5, 0.6) is 0 Å². The van der Waals surface area contributed by atoms with E-state index in [2.05, 4.69) is 16.3 Å². The van der Waals surface area contributed by atoms with E-state index < -0.39 is 6.03 Å². The van der Waals surface area contributed by atoms with Gasteiger partial charge in [0.2, 0.25) is 0 Å². The van der Waals surface area contributed by atoms with Crippen molar-refractivity contribution in [2.45, 2.75) is 6.54 Å². The molecule has 6 nitrogen and oxygen atoms in total. The minimum atomic E-state index is -0.625. The number of benzene rings is 2. The van der Waals surface area contributed by atoms with E-state index in [-0.39, 0.29) is 5.91 Å². The monoisotopic (exact) mass is 372 g/mol. The Kier molecular flexibility index (Phi) is 5.75. The fourth-order valence-electron chi connectivity index (χ4n) is 3.02. The van der Waals surface area contributed by atoms with E-state index >= 15 is 0 Å². The van der Waals surface area contributed by atoms with Gasteiger partial charge in [0, 0.05) is 49.0 Å². The van der Waals surface area contributed by atoms with Gasteiger partial charge in [-0.3, -0.25) is 9.69 Å². The number of halogens is 1. The van der Waals surface area contributed by atoms with Crippen molar-refractivity contribution in [1.29, 1.82) is 0 Å². The maximum Gasteiger partial charge on any atom is 0.316 e. The van der Waals surface area contributed by atoms with Crippen molar-refractivity contribution in [2.75, 3.05) is 31.5 Å². The molecule has 0 spiro atoms. The third-order valence-electron chi connectivity index (χ3n) is 4.35. The standard InChI is InChI=1S/C19H21ClN4O2/c20-16-3-1-2-14(12-16)13-23-8-10-24(11-9-23)18(25)15-4-6-17(7-5-15)22-19(21)26/h1-7,12H,8-11,13H2,(H3,21,22,26). The van der Waals surface area contributed by atoms with Crippen LogP contribution in [0, 0.1) is 0 Å². The highest BCUT2D eigenvalue weighted by atomic mass is 35.5. The lowest BCUT2D eigenvalue weighted by molar-refractivity contribution is 0.0628. The van der Waals surface area contributed by atoms with E-state index in [0.717, 1.165) is 24.7 Å². The fraction of sp³-hybridized carbons (Fsp3) is 0.263. The van der Waals surface area contributed by atoms with Crippen LogP contribution in [-0.2, 0) is 6.54 Å². The van der Waals surface area contributed by atoms with Crippen molar-refractivity contribution in [1.82, 2.24) is 9.80 Å². The van der Waals surface area contributed by atoms with Gasteiger partial charge in [-0.2, -0.15) is 0 Å². The minimum absolute atomic E-state index is 0.00182. The summed E-state index contributed by atoms with van der Waals surface area (Å²) in [4.78, 5) is 27.6. The first kappa shape index (κ1) is 18.2. The average molecular weight is 373 g/mol. The number of carbonyl (C=O) groups excluding carboxylic acids is 2. The Hall–Kier alpha value is -2.57. The quantitative estimate of drug-likeness (QED) is 0.866. The van der Waals surface area contributed by atoms with Gasteiger partial charge in [0.1, 0.15) is 0 Å². The summed E-state index contributed by atoms with van der Waals surface area (Å²) in [5.74, 6) is -0.00182. The molecule has 0 aromatic heterocycles. The van der Waals surface area contributed by atoms with Crippen LogP contribution in [0.3, 0.4) is 0 Å². The Labute approximate surface area is 157 Å². The first-order valence-electron chi connectivity index (χ1n) is 8.44. The molecule has 1 aliphatic rings. The molecule has 7 heteroatoms. The van der Waals surface area contributed by atoms with Crippen LogP contribution < -0.4 is 11.1 Å². The van der Waals surface area contributed by atoms with Gasteiger partial charge >= 0.3 is 6.03 Å². The van der Waals surface area contributed by atoms with Gasteiger partial charge in [0.15, 0.2) is 0 Å². The third kappa shape index (κ3) is 4.74. The van der Waals surface area contributed by atoms with Crippen LogP contribution >= 0.6 is 11.6 Å². The normalized spacial score (nSPS) is 14.9. The summed E-state index contributed by atoms with van der Waals surface area (Å²) < 4.78 is 0. The topological polar surface area (TPSA) is 78.7 Å². The van der Waals surface area contributed by atoms with E-state index in [0.29, 0.717) is 24.3 Å². The molecule has 1 fully saturated rings. The number of nitrogens with two attached hydrogens (primary N) is 1. The first-order chi connectivity index (χ1) is 12.5. The van der Waals surface area contributed by atoms with Crippen LogP contribution in [0.25, 0.3) is 0 Å². The van der Waals surface area contributed by atoms with E-state index in [1.807, 2.05) is 23.1 Å². The van der Waals surface area contributed by atoms with Crippen LogP contribution in [0.1, 0.15) is 15.9 Å². The molecule has 0 saturated carbocycles. The fourth-order valence-corrected chi connectivity index (χ4v) is 3.24. The molecule has 3 rings (SSSR count). The minimum Gasteiger partial charge on any atom is -0.351 e. The molecule has 136 valence electrons. The Morgan fingerprint density at radius 2 is 1.73 bits per heavy atom. The number of nitrogens with zero attached hydrogens (tertiary/aromatic N) is 2. The number of primary amides is 1. The van der Waals surface area contributed by atoms with Crippen molar-refractivity contribution in [2.24, 2.45) is 5.73 Å². The summed E-state index contributed by atoms with van der Waals surface area (Å²) in [6.07, 6.45) is 0. The highest BCUT2D eigenvalue weighted by Gasteiger charge is 2.22. The highest BCUT2D eigenvalue weighted by molar-refractivity contribution is 6.30. The molecule has 1 heterocycles. The molecule has 2 aromatic rings. The summed E-state index contributed by atoms with van der Waals surface area (Å²) in [6.45, 7) is 3.83. The van der Waals surface area contributed by atoms with Gasteiger partial charge in [-0.1, -0.05) is 23.7 Å². The molecule has 0 radical (unpaired) electrons. The molecular formula is C19H21ClN4O2. The van der Waals surface area contributed by atoms with Crippen molar-refractivity contribution in [3.63, 3.8) is 0 Å². The van der Waals surface area contributed by atoms with Crippen LogP contribution in [0.15, 0.2) is 48.5 Å². The zero-order valence-corrected chi connectivity index (χ0v) is 15.1. The maximum absolute atomic E-state index is 12.6. The van der Waals surface area contributed by atoms with Gasteiger partial charge < -0.3 is 16.0 Å². The highest BCUT2D eigenvalue weighted by Crippen LogP contribution is 2.16. The Morgan fingerprint density at radius 1 is 1.04 bits per heavy atom. The Balaban J connectivity index is 1.54. The van der Waals surface area contributed by atoms with Gasteiger partial charge in [-0.15, -0.1) is 0 Å². The molecule has 0 unspecified atom stereocenters. The SMILES string of the molecule is NC(=O)Nc1ccc(C(=O)N2CCN(Cc3cccc(Cl)c3)CC2)cc1. The van der Waals surface area contributed by atoms with Crippen LogP contribution in [-0.4, -0.2) is 47.9 Å². The molecular weight excluding hydrogens is 352 g/mol. The van der Waals surface area contributed by atoms with Crippen LogP contribution in [0.2, 0.25) is 5.02 Å². The lowest BCUT2D eigenvalue weighted by Crippen LogP contribution is -2.48. The predicted octanol–water partition coefficient (Wildman–Crippen LogP) is 2.79. The third-order valence-corrected chi connectivity index (χ3v) is 4.59. The molecule has 2 aromatic carbocycles. The number of piperazine rings is 1. The molecule has 3 N–H and O–H groups in total. The number of carbonyl (C=O) groups is 2. The van der Waals surface area contributed by atoms with E-state index in [1.54, 1.807) is 24.3 Å². The number of hydrogen-bond acceptors (Lipinski definition) is 3. The Morgan fingerprint density at radius 3 is 2.35 bits per heavy atom. The molecule has 3 amide bonds. The Bertz CT molecular complexity index is 786. The van der Waals surface area contributed by atoms with Gasteiger partial charge in [0.05, 0.1) is 0 Å². The summed E-state index contributed by atoms with van der Waals surface area (Å²) >= 11 is 6.03. The van der Waals surface area contributed by atoms with E-state index in [1.165, 1.54) is 5.56 Å². The van der Waals surface area contributed by atoms with Crippen molar-refractivity contribution < 1.29 is 9.59 Å². The number of rotatable bonds is 4. The van der Waals surface area contributed by atoms with Gasteiger partial charge in [0.25, 0.3) is 5.91 Å². The van der Waals surface area contributed by atoms with E-state index in [4.69, 9.17) is 17.3 Å².